The minimum Gasteiger partial charge on any atom is -0.461 e. The van der Waals surface area contributed by atoms with Crippen LogP contribution in [0.5, 0.6) is 0 Å². The number of fused-ring (bicyclic) bond motifs is 1. The van der Waals surface area contributed by atoms with Crippen LogP contribution >= 0.6 is 0 Å². The van der Waals surface area contributed by atoms with Crippen molar-refractivity contribution in [2.24, 2.45) is 5.92 Å². The first kappa shape index (κ1) is 14.6. The molecule has 0 bridgehead atoms. The average molecular weight is 286 g/mol. The number of hydrogen-bond donors (Lipinski definition) is 1. The molecule has 1 fully saturated rings. The van der Waals surface area contributed by atoms with Crippen molar-refractivity contribution in [1.82, 2.24) is 10.2 Å². The second kappa shape index (κ2) is 6.63. The van der Waals surface area contributed by atoms with Crippen molar-refractivity contribution >= 4 is 11.0 Å². The first-order valence-corrected chi connectivity index (χ1v) is 8.18. The largest absolute Gasteiger partial charge is 0.461 e. The van der Waals surface area contributed by atoms with Crippen molar-refractivity contribution in [3.8, 4) is 0 Å². The summed E-state index contributed by atoms with van der Waals surface area (Å²) in [4.78, 5) is 2.57. The summed E-state index contributed by atoms with van der Waals surface area (Å²) >= 11 is 0. The number of furan rings is 1. The highest BCUT2D eigenvalue weighted by Gasteiger charge is 2.18. The summed E-state index contributed by atoms with van der Waals surface area (Å²) in [6, 6.07) is 8.39. The maximum atomic E-state index is 5.90. The van der Waals surface area contributed by atoms with Crippen LogP contribution in [0.25, 0.3) is 11.0 Å². The van der Waals surface area contributed by atoms with Gasteiger partial charge in [-0.3, -0.25) is 4.90 Å². The molecule has 0 amide bonds. The summed E-state index contributed by atoms with van der Waals surface area (Å²) in [6.45, 7) is 10.0. The molecule has 1 aromatic carbocycles. The number of benzene rings is 1. The zero-order valence-corrected chi connectivity index (χ0v) is 13.2. The van der Waals surface area contributed by atoms with Gasteiger partial charge in [-0.15, -0.1) is 0 Å². The molecule has 1 N–H and O–H groups in total. The topological polar surface area (TPSA) is 28.4 Å². The van der Waals surface area contributed by atoms with E-state index < -0.39 is 0 Å². The lowest BCUT2D eigenvalue weighted by molar-refractivity contribution is 0.206. The third-order valence-electron chi connectivity index (χ3n) is 4.70. The Hall–Kier alpha value is -1.32. The number of rotatable bonds is 5. The molecule has 3 rings (SSSR count). The quantitative estimate of drug-likeness (QED) is 0.911. The van der Waals surface area contributed by atoms with Gasteiger partial charge in [-0.05, 0) is 51.4 Å². The maximum absolute atomic E-state index is 5.90. The van der Waals surface area contributed by atoms with Crippen LogP contribution in [0.3, 0.4) is 0 Å². The van der Waals surface area contributed by atoms with Crippen molar-refractivity contribution in [1.29, 1.82) is 0 Å². The normalized spacial score (nSPS) is 16.9. The maximum Gasteiger partial charge on any atom is 0.134 e. The molecule has 0 aliphatic carbocycles. The predicted molar refractivity (Wildman–Crippen MR) is 87.5 cm³/mol. The Labute approximate surface area is 127 Å². The minimum absolute atomic E-state index is 0.838. The number of hydrogen-bond acceptors (Lipinski definition) is 3. The summed E-state index contributed by atoms with van der Waals surface area (Å²) in [5, 5.41) is 4.73. The molecule has 0 saturated carbocycles. The highest BCUT2D eigenvalue weighted by Crippen LogP contribution is 2.27. The molecule has 2 heterocycles. The van der Waals surface area contributed by atoms with Crippen molar-refractivity contribution in [2.45, 2.75) is 33.2 Å². The van der Waals surface area contributed by atoms with E-state index >= 15 is 0 Å². The fourth-order valence-electron chi connectivity index (χ4n) is 3.38. The number of para-hydroxylation sites is 1. The molecule has 0 radical (unpaired) electrons. The molecule has 21 heavy (non-hydrogen) atoms. The predicted octanol–water partition coefficient (Wildman–Crippen LogP) is 3.56. The summed E-state index contributed by atoms with van der Waals surface area (Å²) in [7, 11) is 0. The van der Waals surface area contributed by atoms with Gasteiger partial charge in [0.1, 0.15) is 11.3 Å². The van der Waals surface area contributed by atoms with Gasteiger partial charge in [-0.2, -0.15) is 0 Å². The molecule has 3 nitrogen and oxygen atoms in total. The summed E-state index contributed by atoms with van der Waals surface area (Å²) in [5.41, 5.74) is 2.38. The SMILES string of the molecule is CCN(Cc1c(C)oc2ccccc12)CC1CCNCC1. The summed E-state index contributed by atoms with van der Waals surface area (Å²) in [6.07, 6.45) is 2.61. The van der Waals surface area contributed by atoms with Crippen molar-refractivity contribution in [2.75, 3.05) is 26.2 Å². The van der Waals surface area contributed by atoms with E-state index in [-0.39, 0.29) is 0 Å². The van der Waals surface area contributed by atoms with Gasteiger partial charge in [-0.25, -0.2) is 0 Å². The van der Waals surface area contributed by atoms with Gasteiger partial charge in [0.15, 0.2) is 0 Å². The fourth-order valence-corrected chi connectivity index (χ4v) is 3.38. The third kappa shape index (κ3) is 3.30. The van der Waals surface area contributed by atoms with Crippen LogP contribution in [-0.4, -0.2) is 31.1 Å². The van der Waals surface area contributed by atoms with E-state index in [4.69, 9.17) is 4.42 Å². The number of aryl methyl sites for hydroxylation is 1. The van der Waals surface area contributed by atoms with Gasteiger partial charge in [0, 0.05) is 24.0 Å². The summed E-state index contributed by atoms with van der Waals surface area (Å²) < 4.78 is 5.90. The molecule has 3 heteroatoms. The molecule has 1 aromatic heterocycles. The highest BCUT2D eigenvalue weighted by molar-refractivity contribution is 5.82. The lowest BCUT2D eigenvalue weighted by Crippen LogP contribution is -2.36. The fraction of sp³-hybridized carbons (Fsp3) is 0.556. The van der Waals surface area contributed by atoms with Crippen LogP contribution in [0.4, 0.5) is 0 Å². The Morgan fingerprint density at radius 1 is 1.24 bits per heavy atom. The van der Waals surface area contributed by atoms with Gasteiger partial charge >= 0.3 is 0 Å². The van der Waals surface area contributed by atoms with Crippen LogP contribution in [0.1, 0.15) is 31.1 Å². The Morgan fingerprint density at radius 2 is 2.00 bits per heavy atom. The van der Waals surface area contributed by atoms with Crippen molar-refractivity contribution < 1.29 is 4.42 Å². The van der Waals surface area contributed by atoms with Gasteiger partial charge in [0.25, 0.3) is 0 Å². The Bertz CT molecular complexity index is 584. The Balaban J connectivity index is 1.74. The number of nitrogens with zero attached hydrogens (tertiary/aromatic N) is 1. The average Bonchev–Trinajstić information content (AvgIpc) is 2.83. The van der Waals surface area contributed by atoms with E-state index in [1.54, 1.807) is 0 Å². The van der Waals surface area contributed by atoms with Gasteiger partial charge < -0.3 is 9.73 Å². The Kier molecular flexibility index (Phi) is 4.61. The molecule has 1 saturated heterocycles. The van der Waals surface area contributed by atoms with Crippen LogP contribution in [0, 0.1) is 12.8 Å². The molecule has 2 aromatic rings. The minimum atomic E-state index is 0.838. The molecular formula is C18H26N2O. The van der Waals surface area contributed by atoms with Crippen LogP contribution < -0.4 is 5.32 Å². The first-order chi connectivity index (χ1) is 10.3. The van der Waals surface area contributed by atoms with E-state index in [0.29, 0.717) is 0 Å². The monoisotopic (exact) mass is 286 g/mol. The van der Waals surface area contributed by atoms with Gasteiger partial charge in [0.05, 0.1) is 0 Å². The molecule has 0 atom stereocenters. The molecule has 1 aliphatic rings. The van der Waals surface area contributed by atoms with E-state index in [9.17, 15) is 0 Å². The van der Waals surface area contributed by atoms with E-state index in [0.717, 1.165) is 30.4 Å². The second-order valence-corrected chi connectivity index (χ2v) is 6.15. The van der Waals surface area contributed by atoms with Crippen molar-refractivity contribution in [3.05, 3.63) is 35.6 Å². The zero-order chi connectivity index (χ0) is 14.7. The zero-order valence-electron chi connectivity index (χ0n) is 13.2. The lowest BCUT2D eigenvalue weighted by Gasteiger charge is -2.29. The summed E-state index contributed by atoms with van der Waals surface area (Å²) in [5.74, 6) is 1.91. The van der Waals surface area contributed by atoms with Crippen molar-refractivity contribution in [3.63, 3.8) is 0 Å². The first-order valence-electron chi connectivity index (χ1n) is 8.18. The van der Waals surface area contributed by atoms with Crippen LogP contribution in [0.15, 0.2) is 28.7 Å². The third-order valence-corrected chi connectivity index (χ3v) is 4.70. The number of nitrogens with one attached hydrogen (secondary N) is 1. The van der Waals surface area contributed by atoms with Crippen LogP contribution in [0.2, 0.25) is 0 Å². The number of piperidine rings is 1. The van der Waals surface area contributed by atoms with Gasteiger partial charge in [0.2, 0.25) is 0 Å². The highest BCUT2D eigenvalue weighted by atomic mass is 16.3. The smallest absolute Gasteiger partial charge is 0.134 e. The molecule has 1 aliphatic heterocycles. The van der Waals surface area contributed by atoms with E-state index in [1.165, 1.54) is 43.4 Å². The molecule has 0 unspecified atom stereocenters. The van der Waals surface area contributed by atoms with E-state index in [2.05, 4.69) is 42.3 Å². The van der Waals surface area contributed by atoms with Gasteiger partial charge in [-0.1, -0.05) is 25.1 Å². The standard InChI is InChI=1S/C18H26N2O/c1-3-20(12-15-8-10-19-11-9-15)13-17-14(2)21-18-7-5-4-6-16(17)18/h4-7,15,19H,3,8-13H2,1-2H3. The molecular weight excluding hydrogens is 260 g/mol. The van der Waals surface area contributed by atoms with E-state index in [1.807, 2.05) is 6.07 Å². The molecule has 114 valence electrons. The second-order valence-electron chi connectivity index (χ2n) is 6.15. The Morgan fingerprint density at radius 3 is 2.76 bits per heavy atom. The lowest BCUT2D eigenvalue weighted by atomic mass is 9.97. The van der Waals surface area contributed by atoms with Crippen LogP contribution in [-0.2, 0) is 6.54 Å². The molecule has 0 spiro atoms.